The van der Waals surface area contributed by atoms with Crippen molar-refractivity contribution >= 4 is 60.3 Å². The van der Waals surface area contributed by atoms with Gasteiger partial charge in [-0.2, -0.15) is 0 Å². The molecule has 0 spiro atoms. The van der Waals surface area contributed by atoms with E-state index in [0.717, 1.165) is 11.1 Å². The number of allylic oxidation sites excluding steroid dienone is 3. The highest BCUT2D eigenvalue weighted by Crippen LogP contribution is 2.15. The number of aryl methyl sites for hydroxylation is 1. The summed E-state index contributed by atoms with van der Waals surface area (Å²) in [5.74, 6) is -0.668. The van der Waals surface area contributed by atoms with Crippen LogP contribution in [0.25, 0.3) is 18.2 Å². The van der Waals surface area contributed by atoms with Gasteiger partial charge < -0.3 is 0 Å². The quantitative estimate of drug-likeness (QED) is 0.262. The van der Waals surface area contributed by atoms with Crippen molar-refractivity contribution in [2.24, 2.45) is 0 Å². The molecule has 0 aliphatic rings. The fraction of sp³-hybridized carbons (Fsp3) is 0.0370. The molecule has 2 aromatic carbocycles. The highest BCUT2D eigenvalue weighted by Gasteiger charge is 1.98. The van der Waals surface area contributed by atoms with Gasteiger partial charge in [0, 0.05) is 23.0 Å². The van der Waals surface area contributed by atoms with E-state index in [9.17, 15) is 23.2 Å². The van der Waals surface area contributed by atoms with Crippen LogP contribution in [-0.4, -0.2) is 23.8 Å². The first-order valence-corrected chi connectivity index (χ1v) is 10.7. The Morgan fingerprint density at radius 1 is 0.714 bits per heavy atom. The lowest BCUT2D eigenvalue weighted by Crippen LogP contribution is -1.80. The van der Waals surface area contributed by atoms with E-state index in [2.05, 4.69) is 4.98 Å². The van der Waals surface area contributed by atoms with E-state index < -0.39 is 5.82 Å². The molecule has 4 nitrogen and oxygen atoms in total. The second-order valence-electron chi connectivity index (χ2n) is 6.65. The molecule has 3 aromatic rings. The van der Waals surface area contributed by atoms with E-state index in [1.54, 1.807) is 37.5 Å². The van der Waals surface area contributed by atoms with Crippen LogP contribution in [0.5, 0.6) is 0 Å². The number of carbonyl (C=O) groups is 3. The Morgan fingerprint density at radius 2 is 1.34 bits per heavy atom. The molecule has 0 N–H and O–H groups in total. The number of carbonyl (C=O) groups excluding carboxylic acids is 3. The lowest BCUT2D eigenvalue weighted by Gasteiger charge is -1.96. The SMILES string of the molecule is Cc1cc(F)cc(/C=C/C=O)c1.O=C/C=C/c1cc(Cl)ccc1F.O=C/C=C/c1cncc(Cl)c1. The van der Waals surface area contributed by atoms with E-state index in [1.807, 2.05) is 6.07 Å². The zero-order valence-electron chi connectivity index (χ0n) is 18.6. The minimum Gasteiger partial charge on any atom is -0.299 e. The van der Waals surface area contributed by atoms with Crippen LogP contribution >= 0.6 is 23.2 Å². The number of hydrogen-bond acceptors (Lipinski definition) is 4. The second-order valence-corrected chi connectivity index (χ2v) is 7.52. The van der Waals surface area contributed by atoms with Crippen molar-refractivity contribution in [3.8, 4) is 0 Å². The van der Waals surface area contributed by atoms with Crippen LogP contribution in [0, 0.1) is 18.6 Å². The van der Waals surface area contributed by atoms with Gasteiger partial charge in [-0.15, -0.1) is 0 Å². The van der Waals surface area contributed by atoms with E-state index in [4.69, 9.17) is 23.2 Å². The first-order valence-electron chi connectivity index (χ1n) is 9.97. The van der Waals surface area contributed by atoms with Gasteiger partial charge >= 0.3 is 0 Å². The monoisotopic (exact) mass is 515 g/mol. The third kappa shape index (κ3) is 12.9. The molecule has 35 heavy (non-hydrogen) atoms. The molecule has 0 aliphatic carbocycles. The van der Waals surface area contributed by atoms with Crippen molar-refractivity contribution in [1.82, 2.24) is 4.98 Å². The predicted molar refractivity (Wildman–Crippen MR) is 137 cm³/mol. The van der Waals surface area contributed by atoms with Gasteiger partial charge in [0.25, 0.3) is 0 Å². The van der Waals surface area contributed by atoms with Gasteiger partial charge in [0.15, 0.2) is 0 Å². The van der Waals surface area contributed by atoms with E-state index in [1.165, 1.54) is 54.6 Å². The van der Waals surface area contributed by atoms with Gasteiger partial charge in [-0.25, -0.2) is 8.78 Å². The topological polar surface area (TPSA) is 64.1 Å². The molecule has 0 atom stereocenters. The Balaban J connectivity index is 0.000000263. The molecular weight excluding hydrogens is 495 g/mol. The van der Waals surface area contributed by atoms with Gasteiger partial charge in [-0.1, -0.05) is 41.4 Å². The van der Waals surface area contributed by atoms with Crippen LogP contribution in [-0.2, 0) is 14.4 Å². The van der Waals surface area contributed by atoms with E-state index >= 15 is 0 Å². The van der Waals surface area contributed by atoms with Crippen LogP contribution in [0.4, 0.5) is 8.78 Å². The summed E-state index contributed by atoms with van der Waals surface area (Å²) in [7, 11) is 0. The minimum atomic E-state index is -0.391. The maximum absolute atomic E-state index is 12.9. The summed E-state index contributed by atoms with van der Waals surface area (Å²) in [4.78, 5) is 33.7. The molecule has 1 heterocycles. The van der Waals surface area contributed by atoms with Crippen LogP contribution < -0.4 is 0 Å². The molecule has 0 saturated heterocycles. The lowest BCUT2D eigenvalue weighted by atomic mass is 10.1. The molecule has 3 rings (SSSR count). The molecule has 0 saturated carbocycles. The van der Waals surface area contributed by atoms with Gasteiger partial charge in [0.2, 0.25) is 0 Å². The van der Waals surface area contributed by atoms with Gasteiger partial charge in [0.05, 0.1) is 5.02 Å². The summed E-state index contributed by atoms with van der Waals surface area (Å²) in [6, 6.07) is 10.5. The Kier molecular flexibility index (Phi) is 14.1. The smallest absolute Gasteiger partial charge is 0.142 e. The van der Waals surface area contributed by atoms with Crippen LogP contribution in [0.1, 0.15) is 22.3 Å². The number of aromatic nitrogens is 1. The van der Waals surface area contributed by atoms with Crippen molar-refractivity contribution in [2.75, 3.05) is 0 Å². The van der Waals surface area contributed by atoms with E-state index in [-0.39, 0.29) is 5.82 Å². The Bertz CT molecular complexity index is 1200. The largest absolute Gasteiger partial charge is 0.299 e. The molecule has 180 valence electrons. The highest BCUT2D eigenvalue weighted by atomic mass is 35.5. The van der Waals surface area contributed by atoms with Gasteiger partial charge in [0.1, 0.15) is 30.5 Å². The maximum atomic E-state index is 12.9. The normalized spacial score (nSPS) is 10.4. The van der Waals surface area contributed by atoms with Crippen molar-refractivity contribution < 1.29 is 23.2 Å². The van der Waals surface area contributed by atoms with Crippen LogP contribution in [0.3, 0.4) is 0 Å². The van der Waals surface area contributed by atoms with Crippen LogP contribution in [0.15, 0.2) is 73.1 Å². The molecule has 0 radical (unpaired) electrons. The zero-order chi connectivity index (χ0) is 26.1. The fourth-order valence-corrected chi connectivity index (χ4v) is 2.83. The van der Waals surface area contributed by atoms with Crippen molar-refractivity contribution in [3.05, 3.63) is 117 Å². The predicted octanol–water partition coefficient (Wildman–Crippen LogP) is 6.98. The van der Waals surface area contributed by atoms with E-state index in [0.29, 0.717) is 40.0 Å². The number of benzene rings is 2. The number of rotatable bonds is 6. The summed E-state index contributed by atoms with van der Waals surface area (Å²) in [5.41, 5.74) is 2.69. The number of hydrogen-bond donors (Lipinski definition) is 0. The molecule has 1 aromatic heterocycles. The summed E-state index contributed by atoms with van der Waals surface area (Å²) < 4.78 is 25.6. The average molecular weight is 516 g/mol. The maximum Gasteiger partial charge on any atom is 0.142 e. The molecule has 0 bridgehead atoms. The zero-order valence-corrected chi connectivity index (χ0v) is 20.1. The number of halogens is 4. The molecule has 0 fully saturated rings. The number of nitrogens with zero attached hydrogens (tertiary/aromatic N) is 1. The Morgan fingerprint density at radius 3 is 1.94 bits per heavy atom. The number of pyridine rings is 1. The first-order chi connectivity index (χ1) is 16.8. The molecular formula is C27H21Cl2F2NO3. The minimum absolute atomic E-state index is 0.277. The van der Waals surface area contributed by atoms with Crippen molar-refractivity contribution in [3.63, 3.8) is 0 Å². The molecule has 8 heteroatoms. The summed E-state index contributed by atoms with van der Waals surface area (Å²) in [6.45, 7) is 1.81. The van der Waals surface area contributed by atoms with Crippen LogP contribution in [0.2, 0.25) is 10.0 Å². The Hall–Kier alpha value is -3.74. The van der Waals surface area contributed by atoms with Crippen molar-refractivity contribution in [1.29, 1.82) is 0 Å². The fourth-order valence-electron chi connectivity index (χ4n) is 2.47. The Labute approximate surface area is 212 Å². The average Bonchev–Trinajstić information content (AvgIpc) is 2.82. The third-order valence-electron chi connectivity index (χ3n) is 3.84. The lowest BCUT2D eigenvalue weighted by molar-refractivity contribution is -0.104. The summed E-state index contributed by atoms with van der Waals surface area (Å²) in [5, 5.41) is 1.01. The molecule has 0 amide bonds. The van der Waals surface area contributed by atoms with Crippen molar-refractivity contribution in [2.45, 2.75) is 6.92 Å². The summed E-state index contributed by atoms with van der Waals surface area (Å²) in [6.07, 6.45) is 13.7. The standard InChI is InChI=1S/C10H9FO.C9H6ClFO.C8H6ClNO/c1-8-5-9(3-2-4-12)7-10(11)6-8;10-8-3-4-9(11)7(6-8)2-1-5-12;9-8-4-7(2-1-3-11)5-10-6-8/h2-7H,1H3;1-6H;1-6H/b3-2+;2*2-1+. The highest BCUT2D eigenvalue weighted by molar-refractivity contribution is 6.30. The number of aldehydes is 3. The van der Waals surface area contributed by atoms with Gasteiger partial charge in [-0.05, 0) is 84.3 Å². The first kappa shape index (κ1) is 29.3. The van der Waals surface area contributed by atoms with Gasteiger partial charge in [-0.3, -0.25) is 19.4 Å². The third-order valence-corrected chi connectivity index (χ3v) is 4.28. The second kappa shape index (κ2) is 16.8. The molecule has 0 aliphatic heterocycles. The summed E-state index contributed by atoms with van der Waals surface area (Å²) >= 11 is 11.2. The molecule has 0 unspecified atom stereocenters.